The summed E-state index contributed by atoms with van der Waals surface area (Å²) in [5.41, 5.74) is 44.4. The Morgan fingerprint density at radius 2 is 0.378 bits per heavy atom. The van der Waals surface area contributed by atoms with E-state index < -0.39 is 0 Å². The molecule has 0 atom stereocenters. The molecule has 0 fully saturated rings. The van der Waals surface area contributed by atoms with E-state index in [4.69, 9.17) is 127 Å². The zero-order valence-electron chi connectivity index (χ0n) is 67.3. The Labute approximate surface area is 712 Å². The maximum Gasteiger partial charge on any atom is 0.0718 e. The van der Waals surface area contributed by atoms with E-state index in [1.807, 2.05) is 91.0 Å². The minimum atomic E-state index is 0.300. The van der Waals surface area contributed by atoms with E-state index in [1.54, 1.807) is 18.2 Å². The highest BCUT2D eigenvalue weighted by molar-refractivity contribution is 14.1. The molecule has 0 aliphatic heterocycles. The molecule has 0 aromatic heterocycles. The van der Waals surface area contributed by atoms with Crippen LogP contribution in [0, 0.1) is 76.1 Å². The van der Waals surface area contributed by atoms with Gasteiger partial charge >= 0.3 is 0 Å². The van der Waals surface area contributed by atoms with Crippen molar-refractivity contribution in [2.24, 2.45) is 20.5 Å². The van der Waals surface area contributed by atoms with Crippen LogP contribution < -0.4 is 0 Å². The summed E-state index contributed by atoms with van der Waals surface area (Å²) >= 11 is 2.29. The number of rotatable bonds is 62. The first-order valence-electron chi connectivity index (χ1n) is 38.5. The molecule has 0 radical (unpaired) electrons. The van der Waals surface area contributed by atoms with Crippen LogP contribution in [-0.2, 0) is 112 Å². The van der Waals surface area contributed by atoms with Crippen molar-refractivity contribution in [3.8, 4) is 72.6 Å². The van der Waals surface area contributed by atoms with Gasteiger partial charge in [-0.05, 0) is 152 Å². The lowest BCUT2D eigenvalue weighted by molar-refractivity contribution is -0.0284. The second kappa shape index (κ2) is 74.2. The molecule has 0 aliphatic rings. The zero-order chi connectivity index (χ0) is 84.7. The largest absolute Gasteiger partial charge is 0.379 e. The van der Waals surface area contributed by atoms with Gasteiger partial charge in [-0.3, -0.25) is 0 Å². The van der Waals surface area contributed by atoms with Gasteiger partial charge in [0.25, 0.3) is 0 Å². The van der Waals surface area contributed by atoms with Gasteiger partial charge in [0.05, 0.1) is 238 Å². The molecule has 31 heteroatoms. The third-order valence-corrected chi connectivity index (χ3v) is 15.8. The van der Waals surface area contributed by atoms with Gasteiger partial charge in [-0.1, -0.05) is 122 Å². The van der Waals surface area contributed by atoms with Crippen LogP contribution >= 0.6 is 22.6 Å². The number of nitrogens with zero attached hydrogens (tertiary/aromatic N) is 12. The molecule has 0 heterocycles. The summed E-state index contributed by atoms with van der Waals surface area (Å²) in [4.78, 5) is 10.7. The van der Waals surface area contributed by atoms with Gasteiger partial charge in [-0.25, -0.2) is 0 Å². The molecule has 30 nitrogen and oxygen atoms in total. The Hall–Kier alpha value is -10.1. The molecule has 0 amide bonds. The number of ether oxygens (including phenoxy) is 18. The maximum absolute atomic E-state index is 8.32. The standard InChI is InChI=1S/C45H45N9O6.C31H54IN3O12.C12H6/c46-52-49-19-22-55-25-28-58-34-40-10-1-37(2-11-40)7-16-43-31-44(17-8-38-3-12-41(13-4-38)35-59-29-26-56-23-20-50-53-47)33-45(32-43)18-9-39-5-14-42(15-6-39)36-60-30-27-57-24-21-51-54-48;32-31-3-1-30(2-4-31)29-47-28-27-46-26-25-45-24-23-44-22-21-43-20-19-42-18-17-41-16-15-40-14-13-39-12-11-38-10-9-37-8-7-36-6-5-34-35-33;1-4-10-7-11(5-2)9-12(6-3)8-10/h1-6,10-15,31-33H,19-30,34-36H2;1-4H,5-29H2;1-3,7-9H. The van der Waals surface area contributed by atoms with Crippen LogP contribution in [0.15, 0.2) is 154 Å². The minimum absolute atomic E-state index is 0.300. The summed E-state index contributed by atoms with van der Waals surface area (Å²) in [6.45, 7) is 18.3. The molecule has 0 N–H and O–H groups in total. The smallest absolute Gasteiger partial charge is 0.0718 e. The topological polar surface area (TPSA) is 361 Å². The molecule has 6 aromatic rings. The van der Waals surface area contributed by atoms with Crippen molar-refractivity contribution < 1.29 is 85.3 Å². The zero-order valence-corrected chi connectivity index (χ0v) is 69.5. The van der Waals surface area contributed by atoms with E-state index in [-0.39, 0.29) is 0 Å². The second-order valence-corrected chi connectivity index (χ2v) is 25.3. The summed E-state index contributed by atoms with van der Waals surface area (Å²) in [5, 5.41) is 13.7. The molecule has 0 saturated heterocycles. The molecule has 6 aromatic carbocycles. The van der Waals surface area contributed by atoms with Crippen molar-refractivity contribution in [2.75, 3.05) is 238 Å². The number of hydrogen-bond acceptors (Lipinski definition) is 22. The molecule has 119 heavy (non-hydrogen) atoms. The second-order valence-electron chi connectivity index (χ2n) is 24.1. The lowest BCUT2D eigenvalue weighted by atomic mass is 10.0. The maximum atomic E-state index is 8.32. The highest BCUT2D eigenvalue weighted by Crippen LogP contribution is 2.14. The first-order chi connectivity index (χ1) is 58.8. The number of benzene rings is 6. The van der Waals surface area contributed by atoms with Crippen molar-refractivity contribution in [1.29, 1.82) is 0 Å². The van der Waals surface area contributed by atoms with Gasteiger partial charge in [-0.2, -0.15) is 0 Å². The van der Waals surface area contributed by atoms with Crippen LogP contribution in [-0.4, -0.2) is 238 Å². The summed E-state index contributed by atoms with van der Waals surface area (Å²) < 4.78 is 99.8. The molecule has 0 bridgehead atoms. The van der Waals surface area contributed by atoms with Gasteiger partial charge < -0.3 is 85.3 Å². The Balaban J connectivity index is 0.000000447. The molecular formula is C88H105IN12O18. The van der Waals surface area contributed by atoms with E-state index in [1.165, 1.54) is 3.57 Å². The van der Waals surface area contributed by atoms with E-state index in [9.17, 15) is 0 Å². The van der Waals surface area contributed by atoms with Crippen LogP contribution in [0.2, 0.25) is 0 Å². The van der Waals surface area contributed by atoms with E-state index in [0.717, 1.165) is 72.3 Å². The average Bonchev–Trinajstić information content (AvgIpc) is 0.841. The summed E-state index contributed by atoms with van der Waals surface area (Å²) in [7, 11) is 0. The third-order valence-electron chi connectivity index (χ3n) is 15.1. The Morgan fingerprint density at radius 3 is 0.563 bits per heavy atom. The van der Waals surface area contributed by atoms with E-state index >= 15 is 0 Å². The molecular weight excluding hydrogens is 1640 g/mol. The Bertz CT molecular complexity index is 3900. The van der Waals surface area contributed by atoms with Gasteiger partial charge in [0.15, 0.2) is 0 Å². The number of terminal acetylenes is 3. The molecule has 632 valence electrons. The highest BCUT2D eigenvalue weighted by atomic mass is 127. The summed E-state index contributed by atoms with van der Waals surface area (Å²) in [6, 6.07) is 43.0. The fraction of sp³-hybridized carbons (Fsp3) is 0.455. The van der Waals surface area contributed by atoms with E-state index in [2.05, 4.69) is 140 Å². The van der Waals surface area contributed by atoms with Crippen LogP contribution in [0.3, 0.4) is 0 Å². The monoisotopic (exact) mass is 1740 g/mol. The number of azide groups is 4. The fourth-order valence-corrected chi connectivity index (χ4v) is 9.59. The van der Waals surface area contributed by atoms with Crippen molar-refractivity contribution in [3.63, 3.8) is 0 Å². The predicted octanol–water partition coefficient (Wildman–Crippen LogP) is 13.3. The lowest BCUT2D eigenvalue weighted by Gasteiger charge is -2.09. The van der Waals surface area contributed by atoms with E-state index in [0.29, 0.717) is 264 Å². The first-order valence-corrected chi connectivity index (χ1v) is 39.6. The van der Waals surface area contributed by atoms with Gasteiger partial charge in [0, 0.05) is 99.5 Å². The average molecular weight is 1750 g/mol. The van der Waals surface area contributed by atoms with Crippen molar-refractivity contribution in [3.05, 3.63) is 251 Å². The highest BCUT2D eigenvalue weighted by Gasteiger charge is 2.05. The van der Waals surface area contributed by atoms with Crippen molar-refractivity contribution >= 4 is 22.6 Å². The van der Waals surface area contributed by atoms with Gasteiger partial charge in [0.2, 0.25) is 0 Å². The SMILES string of the molecule is C#Cc1cc(C#C)cc(C#C)c1.[N-]=[N+]=NCCOCCOCCOCCOCCOCCOCCOCCOCCOCCOCCOCCOCc1ccc(I)cc1.[N-]=[N+]=NCCOCCOCc1ccc(C#Cc2cc(C#Cc3ccc(COCCOCCN=[N+]=[N-])cc3)cc(C#Cc3ccc(COCCOCCN=[N+]=[N-])cc3)c2)cc1. The van der Waals surface area contributed by atoms with Crippen LogP contribution in [0.5, 0.6) is 0 Å². The third kappa shape index (κ3) is 57.7. The Morgan fingerprint density at radius 1 is 0.218 bits per heavy atom. The molecule has 0 unspecified atom stereocenters. The molecule has 0 saturated carbocycles. The molecule has 6 rings (SSSR count). The molecule has 0 spiro atoms. The fourth-order valence-electron chi connectivity index (χ4n) is 9.23. The summed E-state index contributed by atoms with van der Waals surface area (Å²) in [5.74, 6) is 27.1. The quantitative estimate of drug-likeness (QED) is 0.00854. The van der Waals surface area contributed by atoms with Crippen LogP contribution in [0.25, 0.3) is 41.8 Å². The normalized spacial score (nSPS) is 10.3. The van der Waals surface area contributed by atoms with Gasteiger partial charge in [0.1, 0.15) is 0 Å². The van der Waals surface area contributed by atoms with Crippen molar-refractivity contribution in [2.45, 2.75) is 26.4 Å². The predicted molar refractivity (Wildman–Crippen MR) is 459 cm³/mol. The van der Waals surface area contributed by atoms with Crippen molar-refractivity contribution in [1.82, 2.24) is 0 Å². The number of hydrogen-bond donors (Lipinski definition) is 0. The van der Waals surface area contributed by atoms with Gasteiger partial charge in [-0.15, -0.1) is 19.3 Å². The first kappa shape index (κ1) is 101. The van der Waals surface area contributed by atoms with Crippen LogP contribution in [0.1, 0.15) is 72.3 Å². The lowest BCUT2D eigenvalue weighted by Crippen LogP contribution is -2.15. The summed E-state index contributed by atoms with van der Waals surface area (Å²) in [6.07, 6.45) is 15.6. The minimum Gasteiger partial charge on any atom is -0.379 e. The van der Waals surface area contributed by atoms with Crippen LogP contribution in [0.4, 0.5) is 0 Å². The number of halogens is 1. The molecule has 0 aliphatic carbocycles. The Kier molecular flexibility index (Phi) is 63.2.